The predicted octanol–water partition coefficient (Wildman–Crippen LogP) is 5.33. The maximum absolute atomic E-state index is 14.6. The van der Waals surface area contributed by atoms with Gasteiger partial charge in [-0.05, 0) is 62.1 Å². The second-order valence-corrected chi connectivity index (χ2v) is 9.40. The lowest BCUT2D eigenvalue weighted by molar-refractivity contribution is 0.183. The normalized spacial score (nSPS) is 29.5. The zero-order valence-corrected chi connectivity index (χ0v) is 18.5. The van der Waals surface area contributed by atoms with Gasteiger partial charge in [0.05, 0.1) is 0 Å². The van der Waals surface area contributed by atoms with Crippen LogP contribution >= 0.6 is 12.4 Å². The molecule has 0 unspecified atom stereocenters. The van der Waals surface area contributed by atoms with Crippen molar-refractivity contribution in [1.29, 1.82) is 0 Å². The van der Waals surface area contributed by atoms with Gasteiger partial charge < -0.3 is 15.4 Å². The van der Waals surface area contributed by atoms with Crippen LogP contribution in [-0.2, 0) is 6.61 Å². The summed E-state index contributed by atoms with van der Waals surface area (Å²) in [5, 5.41) is 7.28. The molecule has 1 heterocycles. The quantitative estimate of drug-likeness (QED) is 0.626. The number of hydrogen-bond donors (Lipinski definition) is 2. The highest BCUT2D eigenvalue weighted by Crippen LogP contribution is 2.48. The van der Waals surface area contributed by atoms with Gasteiger partial charge in [0.1, 0.15) is 12.4 Å². The van der Waals surface area contributed by atoms with Crippen LogP contribution in [0, 0.1) is 17.0 Å². The van der Waals surface area contributed by atoms with Crippen molar-refractivity contribution in [3.05, 3.63) is 65.2 Å². The highest BCUT2D eigenvalue weighted by atomic mass is 35.5. The third-order valence-corrected chi connectivity index (χ3v) is 7.28. The summed E-state index contributed by atoms with van der Waals surface area (Å²) in [6.07, 6.45) is 7.15. The van der Waals surface area contributed by atoms with Gasteiger partial charge in [0.2, 0.25) is 0 Å². The zero-order valence-electron chi connectivity index (χ0n) is 17.7. The molecule has 2 aromatic carbocycles. The van der Waals surface area contributed by atoms with E-state index < -0.39 is 11.6 Å². The molecule has 2 aliphatic carbocycles. The Hall–Kier alpha value is -1.69. The van der Waals surface area contributed by atoms with Gasteiger partial charge in [0.15, 0.2) is 11.6 Å². The van der Waals surface area contributed by atoms with Crippen LogP contribution in [0.4, 0.5) is 8.78 Å². The van der Waals surface area contributed by atoms with Gasteiger partial charge in [0.25, 0.3) is 0 Å². The van der Waals surface area contributed by atoms with E-state index in [1.807, 2.05) is 30.3 Å². The van der Waals surface area contributed by atoms with Crippen LogP contribution in [0.25, 0.3) is 0 Å². The van der Waals surface area contributed by atoms with Crippen molar-refractivity contribution < 1.29 is 13.5 Å². The van der Waals surface area contributed by atoms with E-state index in [1.165, 1.54) is 38.2 Å². The molecule has 3 aliphatic rings. The van der Waals surface area contributed by atoms with E-state index in [9.17, 15) is 8.78 Å². The van der Waals surface area contributed by atoms with Crippen molar-refractivity contribution in [3.8, 4) is 5.75 Å². The molecule has 0 aromatic heterocycles. The van der Waals surface area contributed by atoms with Gasteiger partial charge in [-0.1, -0.05) is 30.3 Å². The monoisotopic (exact) mass is 448 g/mol. The van der Waals surface area contributed by atoms with E-state index in [-0.39, 0.29) is 36.7 Å². The van der Waals surface area contributed by atoms with E-state index in [1.54, 1.807) is 0 Å². The Labute approximate surface area is 189 Å². The van der Waals surface area contributed by atoms with E-state index in [0.29, 0.717) is 17.0 Å². The predicted molar refractivity (Wildman–Crippen MR) is 121 cm³/mol. The first kappa shape index (κ1) is 22.5. The SMILES string of the molecule is Cl.Fc1cc(F)c(OCc2ccccc2)c([C@@H]2C[C@H]2NC2CCC3(CCNC3)CC2)c1. The second kappa shape index (κ2) is 9.43. The zero-order chi connectivity index (χ0) is 20.6. The van der Waals surface area contributed by atoms with Crippen molar-refractivity contribution in [2.24, 2.45) is 5.41 Å². The molecule has 2 atom stereocenters. The van der Waals surface area contributed by atoms with E-state index in [2.05, 4.69) is 10.6 Å². The summed E-state index contributed by atoms with van der Waals surface area (Å²) in [4.78, 5) is 0. The molecule has 168 valence electrons. The molecule has 3 nitrogen and oxygen atoms in total. The molecular formula is C25H31ClF2N2O. The van der Waals surface area contributed by atoms with Crippen molar-refractivity contribution in [2.45, 2.75) is 63.1 Å². The summed E-state index contributed by atoms with van der Waals surface area (Å²) in [7, 11) is 0. The molecule has 1 saturated heterocycles. The summed E-state index contributed by atoms with van der Waals surface area (Å²) >= 11 is 0. The number of benzene rings is 2. The van der Waals surface area contributed by atoms with Gasteiger partial charge in [-0.25, -0.2) is 8.78 Å². The molecule has 2 saturated carbocycles. The molecule has 3 fully saturated rings. The third kappa shape index (κ3) is 5.05. The fourth-order valence-corrected chi connectivity index (χ4v) is 5.38. The average molecular weight is 449 g/mol. The Morgan fingerprint density at radius 2 is 1.84 bits per heavy atom. The Kier molecular flexibility index (Phi) is 6.85. The highest BCUT2D eigenvalue weighted by Gasteiger charge is 2.44. The molecule has 1 aliphatic heterocycles. The lowest BCUT2D eigenvalue weighted by Gasteiger charge is -2.37. The third-order valence-electron chi connectivity index (χ3n) is 7.28. The number of halogens is 3. The lowest BCUT2D eigenvalue weighted by atomic mass is 9.72. The molecule has 6 heteroatoms. The van der Waals surface area contributed by atoms with Crippen molar-refractivity contribution in [1.82, 2.24) is 10.6 Å². The number of nitrogens with one attached hydrogen (secondary N) is 2. The van der Waals surface area contributed by atoms with Crippen LogP contribution in [0.15, 0.2) is 42.5 Å². The minimum absolute atomic E-state index is 0. The first-order valence-corrected chi connectivity index (χ1v) is 11.2. The summed E-state index contributed by atoms with van der Waals surface area (Å²) in [5.74, 6) is -0.826. The fraction of sp³-hybridized carbons (Fsp3) is 0.520. The topological polar surface area (TPSA) is 33.3 Å². The Morgan fingerprint density at radius 1 is 1.06 bits per heavy atom. The summed E-state index contributed by atoms with van der Waals surface area (Å²) in [5.41, 5.74) is 2.15. The van der Waals surface area contributed by atoms with Gasteiger partial charge in [0, 0.05) is 36.2 Å². The lowest BCUT2D eigenvalue weighted by Crippen LogP contribution is -2.39. The van der Waals surface area contributed by atoms with Gasteiger partial charge in [-0.3, -0.25) is 0 Å². The van der Waals surface area contributed by atoms with Crippen molar-refractivity contribution >= 4 is 12.4 Å². The number of hydrogen-bond acceptors (Lipinski definition) is 3. The molecule has 2 N–H and O–H groups in total. The maximum Gasteiger partial charge on any atom is 0.168 e. The first-order valence-electron chi connectivity index (χ1n) is 11.2. The Balaban J connectivity index is 0.00000231. The minimum atomic E-state index is -0.611. The smallest absolute Gasteiger partial charge is 0.168 e. The van der Waals surface area contributed by atoms with E-state index in [0.717, 1.165) is 31.1 Å². The Morgan fingerprint density at radius 3 is 2.55 bits per heavy atom. The molecule has 0 amide bonds. The standard InChI is InChI=1S/C25H30F2N2O.ClH/c26-18-12-21(24(22(27)13-18)30-15-17-4-2-1-3-5-17)20-14-23(20)29-19-6-8-25(9-7-19)10-11-28-16-25;/h1-5,12-13,19-20,23,28-29H,6-11,14-16H2;1H/t19?,20-,23+,25?;/m0./s1. The second-order valence-electron chi connectivity index (χ2n) is 9.40. The maximum atomic E-state index is 14.6. The van der Waals surface area contributed by atoms with Gasteiger partial charge in [-0.2, -0.15) is 0 Å². The molecular weight excluding hydrogens is 418 g/mol. The molecule has 5 rings (SSSR count). The Bertz CT molecular complexity index is 879. The van der Waals surface area contributed by atoms with E-state index >= 15 is 0 Å². The highest BCUT2D eigenvalue weighted by molar-refractivity contribution is 5.85. The van der Waals surface area contributed by atoms with Crippen LogP contribution in [0.2, 0.25) is 0 Å². The van der Waals surface area contributed by atoms with Crippen LogP contribution in [0.5, 0.6) is 5.75 Å². The van der Waals surface area contributed by atoms with Crippen molar-refractivity contribution in [2.75, 3.05) is 13.1 Å². The van der Waals surface area contributed by atoms with E-state index in [4.69, 9.17) is 4.74 Å². The van der Waals surface area contributed by atoms with Crippen LogP contribution in [0.1, 0.15) is 55.6 Å². The van der Waals surface area contributed by atoms with Crippen LogP contribution < -0.4 is 15.4 Å². The van der Waals surface area contributed by atoms with Gasteiger partial charge in [-0.15, -0.1) is 12.4 Å². The fourth-order valence-electron chi connectivity index (χ4n) is 5.38. The molecule has 2 aromatic rings. The van der Waals surface area contributed by atoms with Crippen LogP contribution in [0.3, 0.4) is 0 Å². The molecule has 1 spiro atoms. The largest absolute Gasteiger partial charge is 0.486 e. The molecule has 0 bridgehead atoms. The summed E-state index contributed by atoms with van der Waals surface area (Å²) in [6, 6.07) is 12.8. The number of ether oxygens (including phenoxy) is 1. The van der Waals surface area contributed by atoms with Gasteiger partial charge >= 0.3 is 0 Å². The number of rotatable bonds is 6. The molecule has 31 heavy (non-hydrogen) atoms. The average Bonchev–Trinajstić information content (AvgIpc) is 3.37. The molecule has 0 radical (unpaired) electrons. The minimum Gasteiger partial charge on any atom is -0.486 e. The summed E-state index contributed by atoms with van der Waals surface area (Å²) < 4.78 is 34.4. The van der Waals surface area contributed by atoms with Crippen LogP contribution in [-0.4, -0.2) is 25.2 Å². The first-order chi connectivity index (χ1) is 14.6. The van der Waals surface area contributed by atoms with Crippen molar-refractivity contribution in [3.63, 3.8) is 0 Å². The summed E-state index contributed by atoms with van der Waals surface area (Å²) in [6.45, 7) is 2.59.